The molecule has 4 rings (SSSR count). The van der Waals surface area contributed by atoms with Crippen LogP contribution < -0.4 is 4.74 Å². The van der Waals surface area contributed by atoms with Crippen LogP contribution in [0.15, 0.2) is 88.7 Å². The third-order valence-electron chi connectivity index (χ3n) is 5.13. The fourth-order valence-corrected chi connectivity index (χ4v) is 6.85. The molecule has 0 radical (unpaired) electrons. The molecule has 1 unspecified atom stereocenters. The maximum Gasteiger partial charge on any atom is 0.243 e. The van der Waals surface area contributed by atoms with Crippen molar-refractivity contribution in [1.82, 2.24) is 4.31 Å². The highest BCUT2D eigenvalue weighted by molar-refractivity contribution is 7.92. The lowest BCUT2D eigenvalue weighted by Crippen LogP contribution is -2.32. The molecule has 1 aliphatic rings. The monoisotopic (exact) mass is 477 g/mol. The topological polar surface area (TPSA) is 80.8 Å². The van der Waals surface area contributed by atoms with E-state index in [2.05, 4.69) is 0 Å². The van der Waals surface area contributed by atoms with Crippen LogP contribution >= 0.6 is 11.6 Å². The van der Waals surface area contributed by atoms with Gasteiger partial charge in [0.2, 0.25) is 10.0 Å². The molecule has 3 aromatic carbocycles. The second kappa shape index (κ2) is 8.63. The number of benzene rings is 3. The lowest BCUT2D eigenvalue weighted by molar-refractivity contribution is 0.474. The predicted octanol–water partition coefficient (Wildman–Crippen LogP) is 4.37. The molecule has 0 spiro atoms. The molecule has 9 heteroatoms. The highest BCUT2D eigenvalue weighted by atomic mass is 35.5. The molecule has 3 aromatic rings. The minimum absolute atomic E-state index is 0.0877. The van der Waals surface area contributed by atoms with Gasteiger partial charge in [-0.25, -0.2) is 16.8 Å². The van der Waals surface area contributed by atoms with Gasteiger partial charge in [0.1, 0.15) is 11.5 Å². The highest BCUT2D eigenvalue weighted by Crippen LogP contribution is 2.30. The fraction of sp³-hybridized carbons (Fsp3) is 0.182. The Labute approximate surface area is 187 Å². The Morgan fingerprint density at radius 1 is 0.774 bits per heavy atom. The highest BCUT2D eigenvalue weighted by Gasteiger charge is 2.39. The number of ether oxygens (including phenoxy) is 1. The van der Waals surface area contributed by atoms with Gasteiger partial charge < -0.3 is 4.74 Å². The molecular formula is C22H20ClNO5S2. The van der Waals surface area contributed by atoms with Crippen LogP contribution in [0.2, 0.25) is 5.02 Å². The second-order valence-corrected chi connectivity index (χ2v) is 11.8. The fourth-order valence-electron chi connectivity index (χ4n) is 3.44. The third-order valence-corrected chi connectivity index (χ3v) is 9.45. The lowest BCUT2D eigenvalue weighted by atomic mass is 10.3. The minimum Gasteiger partial charge on any atom is -0.457 e. The maximum atomic E-state index is 13.0. The number of para-hydroxylation sites is 1. The zero-order valence-electron chi connectivity index (χ0n) is 16.4. The van der Waals surface area contributed by atoms with Crippen molar-refractivity contribution in [2.24, 2.45) is 0 Å². The van der Waals surface area contributed by atoms with Gasteiger partial charge in [-0.2, -0.15) is 4.31 Å². The lowest BCUT2D eigenvalue weighted by Gasteiger charge is -2.17. The van der Waals surface area contributed by atoms with Crippen LogP contribution in [-0.2, 0) is 19.9 Å². The zero-order valence-corrected chi connectivity index (χ0v) is 18.8. The van der Waals surface area contributed by atoms with Crippen LogP contribution in [-0.4, -0.2) is 39.5 Å². The summed E-state index contributed by atoms with van der Waals surface area (Å²) in [5.74, 6) is 1.16. The Balaban J connectivity index is 1.49. The second-order valence-electron chi connectivity index (χ2n) is 7.16. The van der Waals surface area contributed by atoms with E-state index in [9.17, 15) is 16.8 Å². The molecule has 1 atom stereocenters. The molecule has 0 aliphatic carbocycles. The molecule has 0 saturated carbocycles. The van der Waals surface area contributed by atoms with Gasteiger partial charge in [0.15, 0.2) is 9.84 Å². The van der Waals surface area contributed by atoms with Crippen LogP contribution in [0.3, 0.4) is 0 Å². The van der Waals surface area contributed by atoms with E-state index in [0.717, 1.165) is 0 Å². The van der Waals surface area contributed by atoms with Gasteiger partial charge in [-0.3, -0.25) is 0 Å². The molecule has 1 fully saturated rings. The first-order chi connectivity index (χ1) is 14.8. The molecule has 0 amide bonds. The van der Waals surface area contributed by atoms with Gasteiger partial charge in [0.05, 0.1) is 15.0 Å². The summed E-state index contributed by atoms with van der Waals surface area (Å²) in [5, 5.41) is -0.363. The van der Waals surface area contributed by atoms with Gasteiger partial charge in [0, 0.05) is 18.1 Å². The van der Waals surface area contributed by atoms with Crippen molar-refractivity contribution in [2.45, 2.75) is 21.5 Å². The molecule has 0 bridgehead atoms. The largest absolute Gasteiger partial charge is 0.457 e. The van der Waals surface area contributed by atoms with Gasteiger partial charge in [-0.1, -0.05) is 29.8 Å². The average Bonchev–Trinajstić information content (AvgIpc) is 3.27. The van der Waals surface area contributed by atoms with Crippen LogP contribution in [0.5, 0.6) is 11.5 Å². The van der Waals surface area contributed by atoms with Crippen molar-refractivity contribution in [1.29, 1.82) is 0 Å². The van der Waals surface area contributed by atoms with Gasteiger partial charge in [-0.15, -0.1) is 0 Å². The Morgan fingerprint density at radius 2 is 1.35 bits per heavy atom. The smallest absolute Gasteiger partial charge is 0.243 e. The van der Waals surface area contributed by atoms with Crippen molar-refractivity contribution in [2.75, 3.05) is 13.1 Å². The normalized spacial score (nSPS) is 17.5. The summed E-state index contributed by atoms with van der Waals surface area (Å²) in [7, 11) is -7.48. The number of hydrogen-bond acceptors (Lipinski definition) is 5. The Morgan fingerprint density at radius 3 is 2.00 bits per heavy atom. The Kier molecular flexibility index (Phi) is 6.07. The summed E-state index contributed by atoms with van der Waals surface area (Å²) < 4.78 is 58.8. The van der Waals surface area contributed by atoms with Crippen molar-refractivity contribution in [3.05, 3.63) is 83.9 Å². The van der Waals surface area contributed by atoms with E-state index < -0.39 is 25.1 Å². The standard InChI is InChI=1S/C22H20ClNO5S2/c23-17-6-10-20(11-7-17)30(25,26)22-14-15-24(16-22)31(27,28)21-12-8-19(9-13-21)29-18-4-2-1-3-5-18/h1-13,22H,14-16H2. The Bertz CT molecular complexity index is 1260. The summed E-state index contributed by atoms with van der Waals surface area (Å²) in [6.45, 7) is 0.0532. The summed E-state index contributed by atoms with van der Waals surface area (Å²) in [4.78, 5) is 0.237. The number of nitrogens with zero attached hydrogens (tertiary/aromatic N) is 1. The first-order valence-corrected chi connectivity index (χ1v) is 13.0. The molecule has 1 heterocycles. The summed E-state index contributed by atoms with van der Waals surface area (Å²) in [5.41, 5.74) is 0. The van der Waals surface area contributed by atoms with Crippen molar-refractivity contribution < 1.29 is 21.6 Å². The SMILES string of the molecule is O=S(=O)(c1ccc(Cl)cc1)C1CCN(S(=O)(=O)c2ccc(Oc3ccccc3)cc2)C1. The van der Waals surface area contributed by atoms with Crippen LogP contribution in [0, 0.1) is 0 Å². The average molecular weight is 478 g/mol. The summed E-state index contributed by atoms with van der Waals surface area (Å²) >= 11 is 5.84. The predicted molar refractivity (Wildman–Crippen MR) is 119 cm³/mol. The van der Waals surface area contributed by atoms with Crippen molar-refractivity contribution in [3.8, 4) is 11.5 Å². The first kappa shape index (κ1) is 21.8. The van der Waals surface area contributed by atoms with Crippen LogP contribution in [0.1, 0.15) is 6.42 Å². The number of hydrogen-bond donors (Lipinski definition) is 0. The van der Waals surface area contributed by atoms with Crippen molar-refractivity contribution in [3.63, 3.8) is 0 Å². The molecule has 6 nitrogen and oxygen atoms in total. The van der Waals surface area contributed by atoms with E-state index in [1.165, 1.54) is 40.7 Å². The van der Waals surface area contributed by atoms with Gasteiger partial charge >= 0.3 is 0 Å². The van der Waals surface area contributed by atoms with E-state index in [1.54, 1.807) is 24.3 Å². The molecular weight excluding hydrogens is 458 g/mol. The quantitative estimate of drug-likeness (QED) is 0.526. The molecule has 31 heavy (non-hydrogen) atoms. The number of sulfonamides is 1. The van der Waals surface area contributed by atoms with Crippen LogP contribution in [0.25, 0.3) is 0 Å². The summed E-state index contributed by atoms with van der Waals surface area (Å²) in [6.07, 6.45) is 0.236. The van der Waals surface area contributed by atoms with Crippen molar-refractivity contribution >= 4 is 31.5 Å². The maximum absolute atomic E-state index is 13.0. The van der Waals surface area contributed by atoms with E-state index >= 15 is 0 Å². The van der Waals surface area contributed by atoms with E-state index in [4.69, 9.17) is 16.3 Å². The number of rotatable bonds is 6. The van der Waals surface area contributed by atoms with Gasteiger partial charge in [0.25, 0.3) is 0 Å². The number of sulfone groups is 1. The Hall–Kier alpha value is -2.39. The molecule has 0 aromatic heterocycles. The molecule has 1 saturated heterocycles. The van der Waals surface area contributed by atoms with Gasteiger partial charge in [-0.05, 0) is 67.1 Å². The minimum atomic E-state index is -3.82. The molecule has 0 N–H and O–H groups in total. The molecule has 1 aliphatic heterocycles. The third kappa shape index (κ3) is 4.62. The zero-order chi connectivity index (χ0) is 22.1. The first-order valence-electron chi connectivity index (χ1n) is 9.59. The van der Waals surface area contributed by atoms with Crippen LogP contribution in [0.4, 0.5) is 0 Å². The summed E-state index contributed by atoms with van der Waals surface area (Å²) in [6, 6.07) is 21.2. The number of halogens is 1. The van der Waals surface area contributed by atoms with E-state index in [1.807, 2.05) is 18.2 Å². The van der Waals surface area contributed by atoms with E-state index in [0.29, 0.717) is 16.5 Å². The van der Waals surface area contributed by atoms with E-state index in [-0.39, 0.29) is 29.3 Å². The molecule has 162 valence electrons.